The number of nitrogens with one attached hydrogen (secondary N) is 1. The van der Waals surface area contributed by atoms with Gasteiger partial charge in [0.2, 0.25) is 14.1 Å². The van der Waals surface area contributed by atoms with E-state index in [0.29, 0.717) is 49.4 Å². The third-order valence-corrected chi connectivity index (χ3v) is 21.9. The minimum absolute atomic E-state index is 0.0619. The van der Waals surface area contributed by atoms with Crippen molar-refractivity contribution >= 4 is 51.2 Å². The van der Waals surface area contributed by atoms with Gasteiger partial charge in [-0.25, -0.2) is 9.97 Å². The van der Waals surface area contributed by atoms with Gasteiger partial charge in [0.25, 0.3) is 0 Å². The molecule has 0 bridgehead atoms. The molecule has 3 rings (SSSR count). The van der Waals surface area contributed by atoms with Crippen molar-refractivity contribution in [3.8, 4) is 0 Å². The van der Waals surface area contributed by atoms with Gasteiger partial charge in [-0.05, 0) is 60.6 Å². The zero-order valence-corrected chi connectivity index (χ0v) is 31.8. The highest BCUT2D eigenvalue weighted by Gasteiger charge is 2.50. The molecule has 1 saturated carbocycles. The van der Waals surface area contributed by atoms with Gasteiger partial charge in [-0.3, -0.25) is 4.79 Å². The van der Waals surface area contributed by atoms with Crippen LogP contribution in [0.3, 0.4) is 0 Å². The lowest BCUT2D eigenvalue weighted by Crippen LogP contribution is -2.51. The second kappa shape index (κ2) is 14.1. The van der Waals surface area contributed by atoms with Gasteiger partial charge in [0, 0.05) is 30.3 Å². The van der Waals surface area contributed by atoms with Crippen molar-refractivity contribution in [1.82, 2.24) is 9.97 Å². The highest BCUT2D eigenvalue weighted by atomic mass is 35.5. The first-order valence-electron chi connectivity index (χ1n) is 15.7. The molecular weight excluding hydrogens is 614 g/mol. The maximum atomic E-state index is 13.6. The Hall–Kier alpha value is -1.15. The Balaban J connectivity index is 1.91. The van der Waals surface area contributed by atoms with Crippen LogP contribution in [0.5, 0.6) is 0 Å². The second-order valence-corrected chi connectivity index (χ2v) is 26.6. The van der Waals surface area contributed by atoms with Gasteiger partial charge in [-0.2, -0.15) is 0 Å². The third kappa shape index (κ3) is 7.99. The summed E-state index contributed by atoms with van der Waals surface area (Å²) in [7, 11) is -4.09. The predicted molar refractivity (Wildman–Crippen MR) is 185 cm³/mol. The first kappa shape index (κ1) is 36.3. The Morgan fingerprint density at radius 3 is 2.23 bits per heavy atom. The molecule has 0 radical (unpaired) electrons. The van der Waals surface area contributed by atoms with Crippen LogP contribution in [-0.2, 0) is 8.85 Å². The molecule has 2 aromatic heterocycles. The summed E-state index contributed by atoms with van der Waals surface area (Å²) in [5, 5.41) is 13.8. The Labute approximate surface area is 270 Å². The van der Waals surface area contributed by atoms with Gasteiger partial charge in [0.05, 0.1) is 27.0 Å². The van der Waals surface area contributed by atoms with Crippen LogP contribution in [0.2, 0.25) is 39.1 Å². The summed E-state index contributed by atoms with van der Waals surface area (Å²) in [6.07, 6.45) is 4.02. The van der Waals surface area contributed by atoms with Crippen LogP contribution in [-0.4, -0.2) is 56.2 Å². The summed E-state index contributed by atoms with van der Waals surface area (Å²) >= 11 is 7.50. The minimum atomic E-state index is -2.14. The third-order valence-electron chi connectivity index (χ3n) is 9.84. The summed E-state index contributed by atoms with van der Waals surface area (Å²) in [4.78, 5) is 22.7. The van der Waals surface area contributed by atoms with Crippen molar-refractivity contribution in [2.24, 2.45) is 5.92 Å². The number of ketones is 1. The molecule has 43 heavy (non-hydrogen) atoms. The molecule has 11 heteroatoms. The van der Waals surface area contributed by atoms with E-state index < -0.39 is 22.7 Å². The van der Waals surface area contributed by atoms with Crippen LogP contribution in [0.1, 0.15) is 109 Å². The number of carbonyl (C=O) groups excluding carboxylic acids is 1. The van der Waals surface area contributed by atoms with Gasteiger partial charge >= 0.3 is 0 Å². The number of nitrogens with zero attached hydrogens (tertiary/aromatic N) is 2. The van der Waals surface area contributed by atoms with E-state index in [1.165, 1.54) is 17.7 Å². The molecule has 2 N–H and O–H groups in total. The Kier molecular flexibility index (Phi) is 11.9. The van der Waals surface area contributed by atoms with Crippen molar-refractivity contribution in [3.05, 3.63) is 38.9 Å². The lowest BCUT2D eigenvalue weighted by Gasteiger charge is -2.45. The van der Waals surface area contributed by atoms with Gasteiger partial charge in [0.15, 0.2) is 8.32 Å². The molecule has 0 spiro atoms. The van der Waals surface area contributed by atoms with E-state index in [1.54, 1.807) is 19.2 Å². The van der Waals surface area contributed by atoms with E-state index in [1.807, 2.05) is 0 Å². The quantitative estimate of drug-likeness (QED) is 0.162. The maximum absolute atomic E-state index is 13.6. The van der Waals surface area contributed by atoms with Crippen molar-refractivity contribution in [1.29, 1.82) is 0 Å². The van der Waals surface area contributed by atoms with Gasteiger partial charge in [-0.1, -0.05) is 73.9 Å². The Morgan fingerprint density at radius 2 is 1.72 bits per heavy atom. The number of carbonyl (C=O) groups is 1. The van der Waals surface area contributed by atoms with Crippen molar-refractivity contribution in [2.75, 3.05) is 11.9 Å². The molecule has 0 unspecified atom stereocenters. The largest absolute Gasteiger partial charge is 0.416 e. The smallest absolute Gasteiger partial charge is 0.208 e. The lowest BCUT2D eigenvalue weighted by molar-refractivity contribution is 0.0971. The molecule has 1 aliphatic carbocycles. The highest BCUT2D eigenvalue weighted by molar-refractivity contribution is 7.18. The van der Waals surface area contributed by atoms with E-state index in [9.17, 15) is 9.90 Å². The number of aromatic nitrogens is 2. The molecule has 0 amide bonds. The lowest BCUT2D eigenvalue weighted by atomic mass is 10.1. The number of anilines is 1. The van der Waals surface area contributed by atoms with Crippen LogP contribution in [0, 0.1) is 5.92 Å². The zero-order chi connectivity index (χ0) is 32.5. The fourth-order valence-electron chi connectivity index (χ4n) is 6.44. The average molecular weight is 668 g/mol. The summed E-state index contributed by atoms with van der Waals surface area (Å²) in [6, 6.07) is 1.73. The molecule has 0 aromatic carbocycles. The van der Waals surface area contributed by atoms with Gasteiger partial charge < -0.3 is 19.3 Å². The number of thiophene rings is 1. The minimum Gasteiger partial charge on any atom is -0.416 e. The molecule has 0 aliphatic heterocycles. The molecular formula is C32H54ClN3O4SSi2. The van der Waals surface area contributed by atoms with Crippen LogP contribution in [0.4, 0.5) is 5.82 Å². The van der Waals surface area contributed by atoms with Crippen molar-refractivity contribution in [3.63, 3.8) is 0 Å². The SMILES string of the molecule is CC(C)[Si](O[C@H]1C[C@H](Nc2ncncc2C(=O)c2cc([C@H](C)O)c(Cl)s2)C[C@@H]1CO[Si](C)(C)C(C)(C)C)(C(C)C)C(C)C. The number of aliphatic hydroxyl groups excluding tert-OH is 1. The fraction of sp³-hybridized carbons (Fsp3) is 0.719. The number of rotatable bonds is 13. The number of hydrogen-bond donors (Lipinski definition) is 2. The number of aliphatic hydroxyl groups is 1. The zero-order valence-electron chi connectivity index (χ0n) is 28.2. The highest BCUT2D eigenvalue weighted by Crippen LogP contribution is 2.47. The fourth-order valence-corrected chi connectivity index (χ4v) is 14.5. The standard InChI is InChI=1S/C32H54ClN3O4SSi2/c1-19(2)43(20(3)4,21(5)6)40-27-14-24(13-23(27)17-39-42(11,12)32(8,9)10)36-31-26(16-34-18-35-31)29(38)28-15-25(22(7)37)30(33)41-28/h15-16,18-24,27,37H,13-14,17H2,1-12H3,(H,34,35,36)/t22-,23+,24+,27-/m0/s1. The van der Waals surface area contributed by atoms with E-state index >= 15 is 0 Å². The number of halogens is 1. The van der Waals surface area contributed by atoms with Crippen LogP contribution >= 0.6 is 22.9 Å². The average Bonchev–Trinajstić information content (AvgIpc) is 3.47. The molecule has 1 aliphatic rings. The molecule has 0 saturated heterocycles. The van der Waals surface area contributed by atoms with Crippen molar-refractivity contribution < 1.29 is 18.8 Å². The van der Waals surface area contributed by atoms with E-state index in [-0.39, 0.29) is 28.9 Å². The number of hydrogen-bond acceptors (Lipinski definition) is 8. The normalized spacial score (nSPS) is 20.8. The molecule has 2 aromatic rings. The summed E-state index contributed by atoms with van der Waals surface area (Å²) in [5.74, 6) is 0.537. The summed E-state index contributed by atoms with van der Waals surface area (Å²) < 4.78 is 14.6. The van der Waals surface area contributed by atoms with Crippen LogP contribution < -0.4 is 5.32 Å². The predicted octanol–water partition coefficient (Wildman–Crippen LogP) is 9.25. The monoisotopic (exact) mass is 667 g/mol. The van der Waals surface area contributed by atoms with Crippen LogP contribution in [0.15, 0.2) is 18.6 Å². The molecule has 2 heterocycles. The first-order chi connectivity index (χ1) is 19.8. The second-order valence-electron chi connectivity index (χ2n) is 14.7. The first-order valence-corrected chi connectivity index (χ1v) is 22.0. The van der Waals surface area contributed by atoms with Gasteiger partial charge in [-0.15, -0.1) is 11.3 Å². The van der Waals surface area contributed by atoms with Crippen molar-refractivity contribution in [2.45, 2.75) is 135 Å². The van der Waals surface area contributed by atoms with E-state index in [4.69, 9.17) is 20.5 Å². The topological polar surface area (TPSA) is 93.6 Å². The van der Waals surface area contributed by atoms with Gasteiger partial charge in [0.1, 0.15) is 12.1 Å². The maximum Gasteiger partial charge on any atom is 0.208 e. The molecule has 4 atom stereocenters. The summed E-state index contributed by atoms with van der Waals surface area (Å²) in [6.45, 7) is 27.7. The Morgan fingerprint density at radius 1 is 1.12 bits per heavy atom. The van der Waals surface area contributed by atoms with E-state index in [2.05, 4.69) is 90.7 Å². The molecule has 1 fully saturated rings. The Bertz CT molecular complexity index is 1220. The van der Waals surface area contributed by atoms with Crippen LogP contribution in [0.25, 0.3) is 0 Å². The molecule has 7 nitrogen and oxygen atoms in total. The molecule has 242 valence electrons. The van der Waals surface area contributed by atoms with E-state index in [0.717, 1.165) is 12.8 Å². The summed E-state index contributed by atoms with van der Waals surface area (Å²) in [5.41, 5.74) is 2.39.